The second-order valence-electron chi connectivity index (χ2n) is 12.1. The van der Waals surface area contributed by atoms with Gasteiger partial charge in [-0.25, -0.2) is 0 Å². The van der Waals surface area contributed by atoms with Gasteiger partial charge in [0.05, 0.1) is 26.2 Å². The number of fused-ring (bicyclic) bond motifs is 2. The van der Waals surface area contributed by atoms with E-state index < -0.39 is 0 Å². The Labute approximate surface area is 254 Å². The van der Waals surface area contributed by atoms with Crippen LogP contribution in [-0.2, 0) is 10.8 Å². The van der Waals surface area contributed by atoms with Crippen LogP contribution >= 0.6 is 11.6 Å². The van der Waals surface area contributed by atoms with Crippen LogP contribution in [0.3, 0.4) is 0 Å². The van der Waals surface area contributed by atoms with Gasteiger partial charge in [0.2, 0.25) is 5.69 Å². The molecule has 0 bridgehead atoms. The Morgan fingerprint density at radius 2 is 1.57 bits per heavy atom. The summed E-state index contributed by atoms with van der Waals surface area (Å²) in [6.07, 6.45) is 10.3. The van der Waals surface area contributed by atoms with E-state index in [2.05, 4.69) is 85.7 Å². The molecule has 2 heterocycles. The molecule has 222 valence electrons. The number of aliphatic hydroxyl groups excluding tert-OH is 2. The quantitative estimate of drug-likeness (QED) is 0.326. The lowest BCUT2D eigenvalue weighted by Gasteiger charge is -2.26. The van der Waals surface area contributed by atoms with Crippen molar-refractivity contribution in [1.29, 1.82) is 0 Å². The minimum atomic E-state index is -0.258. The Bertz CT molecular complexity index is 1540. The summed E-state index contributed by atoms with van der Waals surface area (Å²) >= 11 is 6.99. The molecule has 0 spiro atoms. The Morgan fingerprint density at radius 1 is 0.881 bits per heavy atom. The number of anilines is 1. The first kappa shape index (κ1) is 30.1. The fraction of sp³-hybridized carbons (Fsp3) is 0.400. The van der Waals surface area contributed by atoms with Gasteiger partial charge in [0.25, 0.3) is 0 Å². The molecule has 3 aliphatic rings. The molecule has 0 fully saturated rings. The molecule has 0 unspecified atom stereocenters. The number of nitrogens with zero attached hydrogens (tertiary/aromatic N) is 2. The molecule has 0 amide bonds. The summed E-state index contributed by atoms with van der Waals surface area (Å²) in [7, 11) is 3.37. The highest BCUT2D eigenvalue weighted by atomic mass is 35.5. The third-order valence-electron chi connectivity index (χ3n) is 8.96. The summed E-state index contributed by atoms with van der Waals surface area (Å²) in [5.41, 5.74) is 8.49. The molecule has 42 heavy (non-hydrogen) atoms. The van der Waals surface area contributed by atoms with Gasteiger partial charge in [-0.05, 0) is 79.8 Å². The third kappa shape index (κ3) is 5.10. The first-order chi connectivity index (χ1) is 20.1. The van der Waals surface area contributed by atoms with Gasteiger partial charge in [-0.15, -0.1) is 0 Å². The van der Waals surface area contributed by atoms with Gasteiger partial charge >= 0.3 is 0 Å². The van der Waals surface area contributed by atoms with Gasteiger partial charge in [-0.2, -0.15) is 4.58 Å². The van der Waals surface area contributed by atoms with Crippen molar-refractivity contribution in [3.05, 3.63) is 93.7 Å². The number of β-amino-alcohol motifs (C(OH)–C–C–N with tert-alkyl or cyclic N) is 2. The van der Waals surface area contributed by atoms with E-state index in [0.717, 1.165) is 63.3 Å². The molecular weight excluding hydrogens is 548 g/mol. The van der Waals surface area contributed by atoms with Crippen LogP contribution in [0.4, 0.5) is 11.4 Å². The van der Waals surface area contributed by atoms with E-state index in [4.69, 9.17) is 21.1 Å². The molecule has 0 radical (unpaired) electrons. The molecule has 0 saturated heterocycles. The lowest BCUT2D eigenvalue weighted by Crippen LogP contribution is -2.28. The van der Waals surface area contributed by atoms with Crippen molar-refractivity contribution in [2.24, 2.45) is 0 Å². The van der Waals surface area contributed by atoms with Crippen molar-refractivity contribution in [1.82, 2.24) is 0 Å². The summed E-state index contributed by atoms with van der Waals surface area (Å²) < 4.78 is 13.2. The van der Waals surface area contributed by atoms with Crippen LogP contribution in [0.15, 0.2) is 82.6 Å². The number of rotatable bonds is 9. The van der Waals surface area contributed by atoms with Crippen molar-refractivity contribution >= 4 is 28.7 Å². The van der Waals surface area contributed by atoms with Crippen LogP contribution < -0.4 is 14.4 Å². The number of ether oxygens (including phenoxy) is 2. The minimum Gasteiger partial charge on any atom is -0.497 e. The molecule has 0 atom stereocenters. The average molecular weight is 590 g/mol. The maximum atomic E-state index is 9.85. The molecule has 5 rings (SSSR count). The number of hydrogen-bond acceptors (Lipinski definition) is 5. The second kappa shape index (κ2) is 11.8. The van der Waals surface area contributed by atoms with E-state index in [-0.39, 0.29) is 24.0 Å². The number of methoxy groups -OCH3 is 2. The molecular formula is C35H42ClN2O4+. The second-order valence-corrected chi connectivity index (χ2v) is 12.4. The highest BCUT2D eigenvalue weighted by Crippen LogP contribution is 2.49. The number of aliphatic hydroxyl groups is 2. The minimum absolute atomic E-state index is 0.0597. The Morgan fingerprint density at radius 3 is 2.24 bits per heavy atom. The van der Waals surface area contributed by atoms with Crippen LogP contribution in [0.25, 0.3) is 0 Å². The highest BCUT2D eigenvalue weighted by Gasteiger charge is 2.44. The molecule has 2 aromatic rings. The highest BCUT2D eigenvalue weighted by molar-refractivity contribution is 6.33. The fourth-order valence-electron chi connectivity index (χ4n) is 6.61. The maximum Gasteiger partial charge on any atom is 0.210 e. The molecule has 0 aromatic heterocycles. The van der Waals surface area contributed by atoms with E-state index in [1.807, 2.05) is 12.1 Å². The monoisotopic (exact) mass is 589 g/mol. The van der Waals surface area contributed by atoms with E-state index in [0.29, 0.717) is 13.1 Å². The lowest BCUT2D eigenvalue weighted by molar-refractivity contribution is -0.441. The van der Waals surface area contributed by atoms with Crippen LogP contribution in [0.2, 0.25) is 0 Å². The Hall–Kier alpha value is -3.32. The normalized spacial score (nSPS) is 20.8. The van der Waals surface area contributed by atoms with Gasteiger partial charge in [-0.3, -0.25) is 0 Å². The smallest absolute Gasteiger partial charge is 0.210 e. The number of allylic oxidation sites excluding steroid dienone is 8. The van der Waals surface area contributed by atoms with Crippen LogP contribution in [0, 0.1) is 0 Å². The summed E-state index contributed by atoms with van der Waals surface area (Å²) in [5.74, 6) is 1.65. The fourth-order valence-corrected chi connectivity index (χ4v) is 6.93. The Balaban J connectivity index is 1.46. The van der Waals surface area contributed by atoms with Crippen molar-refractivity contribution in [2.75, 3.05) is 45.4 Å². The molecule has 0 saturated carbocycles. The maximum absolute atomic E-state index is 9.85. The summed E-state index contributed by atoms with van der Waals surface area (Å²) in [5, 5.41) is 20.5. The number of halogens is 1. The van der Waals surface area contributed by atoms with Gasteiger partial charge in [0, 0.05) is 46.1 Å². The van der Waals surface area contributed by atoms with Crippen molar-refractivity contribution in [3.63, 3.8) is 0 Å². The molecule has 1 aliphatic carbocycles. The van der Waals surface area contributed by atoms with E-state index in [9.17, 15) is 10.2 Å². The number of benzene rings is 2. The summed E-state index contributed by atoms with van der Waals surface area (Å²) in [6, 6.07) is 12.3. The van der Waals surface area contributed by atoms with Crippen LogP contribution in [0.1, 0.15) is 51.7 Å². The van der Waals surface area contributed by atoms with Crippen molar-refractivity contribution in [3.8, 4) is 11.5 Å². The molecule has 7 heteroatoms. The van der Waals surface area contributed by atoms with Crippen molar-refractivity contribution in [2.45, 2.75) is 51.4 Å². The van der Waals surface area contributed by atoms with Crippen molar-refractivity contribution < 1.29 is 24.3 Å². The van der Waals surface area contributed by atoms with Gasteiger partial charge in [0.15, 0.2) is 12.3 Å². The zero-order chi connectivity index (χ0) is 30.2. The molecule has 2 N–H and O–H groups in total. The van der Waals surface area contributed by atoms with Crippen LogP contribution in [-0.4, -0.2) is 61.0 Å². The largest absolute Gasteiger partial charge is 0.497 e. The van der Waals surface area contributed by atoms with Gasteiger partial charge in [-0.1, -0.05) is 37.6 Å². The molecule has 2 aromatic carbocycles. The lowest BCUT2D eigenvalue weighted by atomic mass is 9.81. The molecule has 2 aliphatic heterocycles. The predicted octanol–water partition coefficient (Wildman–Crippen LogP) is 6.52. The number of hydrogen-bond donors (Lipinski definition) is 2. The first-order valence-corrected chi connectivity index (χ1v) is 15.0. The SMILES string of the molecule is COc1ccc2c(c1)C(C)(C)C(/C=C/C1=C(Cl)C(=C/C=C3/N(CCO)c4ccc(OC)cc4C3(C)C)/CC1)=[N+]2CCO. The zero-order valence-corrected chi connectivity index (χ0v) is 26.3. The zero-order valence-electron chi connectivity index (χ0n) is 25.5. The van der Waals surface area contributed by atoms with Gasteiger partial charge in [0.1, 0.15) is 18.1 Å². The standard InChI is InChI=1S/C35H42ClN2O4/c1-34(2)27-21-25(41-5)11-13-29(27)37(17-19-39)31(34)15-9-23-7-8-24(33(23)36)10-16-32-35(3,4)28-22-26(42-6)12-14-30(28)38(32)18-20-40/h9-16,21-22,39-40H,7-8,17-20H2,1-6H3/q+1. The summed E-state index contributed by atoms with van der Waals surface area (Å²) in [6.45, 7) is 9.98. The first-order valence-electron chi connectivity index (χ1n) is 14.6. The predicted molar refractivity (Wildman–Crippen MR) is 171 cm³/mol. The Kier molecular flexibility index (Phi) is 8.44. The molecule has 6 nitrogen and oxygen atoms in total. The van der Waals surface area contributed by atoms with E-state index >= 15 is 0 Å². The third-order valence-corrected chi connectivity index (χ3v) is 9.44. The topological polar surface area (TPSA) is 65.2 Å². The van der Waals surface area contributed by atoms with Crippen LogP contribution in [0.5, 0.6) is 11.5 Å². The van der Waals surface area contributed by atoms with Gasteiger partial charge < -0.3 is 24.6 Å². The summed E-state index contributed by atoms with van der Waals surface area (Å²) in [4.78, 5) is 2.19. The van der Waals surface area contributed by atoms with E-state index in [1.165, 1.54) is 11.1 Å². The average Bonchev–Trinajstić information content (AvgIpc) is 3.51. The van der Waals surface area contributed by atoms with E-state index in [1.54, 1.807) is 14.2 Å².